The molecule has 0 unspecified atom stereocenters. The Morgan fingerprint density at radius 1 is 1.47 bits per heavy atom. The molecule has 0 saturated carbocycles. The molecule has 0 fully saturated rings. The number of fused-ring (bicyclic) bond motifs is 1. The van der Waals surface area contributed by atoms with Gasteiger partial charge in [-0.25, -0.2) is 0 Å². The molecule has 1 aromatic heterocycles. The Balaban J connectivity index is 2.41. The minimum Gasteiger partial charge on any atom is -0.396 e. The van der Waals surface area contributed by atoms with Crippen LogP contribution in [0.4, 0.5) is 0 Å². The number of aryl methyl sites for hydroxylation is 2. The molecule has 4 heteroatoms. The minimum absolute atomic E-state index is 0.226. The average molecular weight is 225 g/mol. The van der Waals surface area contributed by atoms with E-state index in [-0.39, 0.29) is 6.61 Å². The molecule has 1 N–H and O–H groups in total. The summed E-state index contributed by atoms with van der Waals surface area (Å²) >= 11 is 5.96. The van der Waals surface area contributed by atoms with Crippen molar-refractivity contribution in [1.82, 2.24) is 9.78 Å². The fraction of sp³-hybridized carbons (Fsp3) is 0.364. The van der Waals surface area contributed by atoms with Crippen LogP contribution in [0, 0.1) is 0 Å². The van der Waals surface area contributed by atoms with Gasteiger partial charge in [0, 0.05) is 19.0 Å². The second kappa shape index (κ2) is 4.21. The monoisotopic (exact) mass is 224 g/mol. The zero-order valence-corrected chi connectivity index (χ0v) is 9.33. The number of benzene rings is 1. The first kappa shape index (κ1) is 10.5. The Morgan fingerprint density at radius 3 is 3.00 bits per heavy atom. The lowest BCUT2D eigenvalue weighted by molar-refractivity contribution is 0.288. The number of hydrogen-bond donors (Lipinski definition) is 1. The van der Waals surface area contributed by atoms with Gasteiger partial charge in [0.25, 0.3) is 0 Å². The lowest BCUT2D eigenvalue weighted by Crippen LogP contribution is -1.92. The van der Waals surface area contributed by atoms with Gasteiger partial charge in [-0.2, -0.15) is 5.10 Å². The van der Waals surface area contributed by atoms with Crippen LogP contribution in [0.1, 0.15) is 12.0 Å². The van der Waals surface area contributed by atoms with E-state index >= 15 is 0 Å². The van der Waals surface area contributed by atoms with Gasteiger partial charge in [0.2, 0.25) is 0 Å². The predicted molar refractivity (Wildman–Crippen MR) is 61.1 cm³/mol. The van der Waals surface area contributed by atoms with Crippen LogP contribution in [0.15, 0.2) is 18.2 Å². The molecule has 0 atom stereocenters. The van der Waals surface area contributed by atoms with Gasteiger partial charge in [0.15, 0.2) is 5.15 Å². The van der Waals surface area contributed by atoms with E-state index in [1.54, 1.807) is 4.68 Å². The Labute approximate surface area is 93.3 Å². The molecule has 0 amide bonds. The molecule has 2 rings (SSSR count). The molecule has 0 aliphatic heterocycles. The van der Waals surface area contributed by atoms with Gasteiger partial charge in [-0.1, -0.05) is 17.7 Å². The van der Waals surface area contributed by atoms with Crippen molar-refractivity contribution < 1.29 is 5.11 Å². The maximum absolute atomic E-state index is 8.76. The van der Waals surface area contributed by atoms with E-state index < -0.39 is 0 Å². The third kappa shape index (κ3) is 1.98. The maximum Gasteiger partial charge on any atom is 0.158 e. The molecule has 15 heavy (non-hydrogen) atoms. The molecular formula is C11H13ClN2O. The van der Waals surface area contributed by atoms with Gasteiger partial charge in [0.1, 0.15) is 0 Å². The summed E-state index contributed by atoms with van der Waals surface area (Å²) < 4.78 is 1.78. The summed E-state index contributed by atoms with van der Waals surface area (Å²) in [4.78, 5) is 0. The second-order valence-electron chi connectivity index (χ2n) is 3.59. The van der Waals surface area contributed by atoms with E-state index in [0.29, 0.717) is 5.15 Å². The fourth-order valence-electron chi connectivity index (χ4n) is 1.70. The van der Waals surface area contributed by atoms with Crippen LogP contribution >= 0.6 is 11.6 Å². The Kier molecular flexibility index (Phi) is 2.93. The van der Waals surface area contributed by atoms with Gasteiger partial charge >= 0.3 is 0 Å². The van der Waals surface area contributed by atoms with Crippen molar-refractivity contribution in [2.45, 2.75) is 12.8 Å². The van der Waals surface area contributed by atoms with Crippen LogP contribution < -0.4 is 0 Å². The molecule has 3 nitrogen and oxygen atoms in total. The van der Waals surface area contributed by atoms with E-state index in [1.165, 1.54) is 5.56 Å². The number of nitrogens with zero attached hydrogens (tertiary/aromatic N) is 2. The summed E-state index contributed by atoms with van der Waals surface area (Å²) in [6.45, 7) is 0.226. The van der Waals surface area contributed by atoms with E-state index in [1.807, 2.05) is 19.2 Å². The topological polar surface area (TPSA) is 38.0 Å². The van der Waals surface area contributed by atoms with Gasteiger partial charge in [-0.05, 0) is 30.5 Å². The first-order chi connectivity index (χ1) is 7.22. The van der Waals surface area contributed by atoms with Crippen LogP contribution in [0.3, 0.4) is 0 Å². The third-order valence-electron chi connectivity index (χ3n) is 2.49. The molecule has 0 aliphatic rings. The number of rotatable bonds is 3. The van der Waals surface area contributed by atoms with E-state index in [4.69, 9.17) is 16.7 Å². The van der Waals surface area contributed by atoms with Crippen molar-refractivity contribution in [2.75, 3.05) is 6.61 Å². The number of aromatic nitrogens is 2. The van der Waals surface area contributed by atoms with Crippen LogP contribution in [0.5, 0.6) is 0 Å². The number of halogens is 1. The Bertz CT molecular complexity index is 479. The molecule has 1 aromatic carbocycles. The lowest BCUT2D eigenvalue weighted by Gasteiger charge is -2.00. The highest BCUT2D eigenvalue weighted by Crippen LogP contribution is 2.23. The fourth-order valence-corrected chi connectivity index (χ4v) is 1.97. The molecule has 80 valence electrons. The van der Waals surface area contributed by atoms with Gasteiger partial charge < -0.3 is 5.11 Å². The van der Waals surface area contributed by atoms with Crippen molar-refractivity contribution in [3.63, 3.8) is 0 Å². The molecule has 0 radical (unpaired) electrons. The average Bonchev–Trinajstić information content (AvgIpc) is 2.52. The van der Waals surface area contributed by atoms with Gasteiger partial charge in [0.05, 0.1) is 5.52 Å². The molecule has 0 aliphatic carbocycles. The molecule has 1 heterocycles. The van der Waals surface area contributed by atoms with Crippen LogP contribution in [0.25, 0.3) is 10.9 Å². The van der Waals surface area contributed by atoms with Crippen LogP contribution in [-0.4, -0.2) is 21.5 Å². The summed E-state index contributed by atoms with van der Waals surface area (Å²) in [6.07, 6.45) is 1.67. The van der Waals surface area contributed by atoms with Crippen molar-refractivity contribution in [2.24, 2.45) is 7.05 Å². The second-order valence-corrected chi connectivity index (χ2v) is 3.95. The van der Waals surface area contributed by atoms with Crippen molar-refractivity contribution in [3.8, 4) is 0 Å². The van der Waals surface area contributed by atoms with E-state index in [2.05, 4.69) is 11.2 Å². The maximum atomic E-state index is 8.76. The zero-order valence-electron chi connectivity index (χ0n) is 8.57. The molecular weight excluding hydrogens is 212 g/mol. The molecule has 0 bridgehead atoms. The highest BCUT2D eigenvalue weighted by atomic mass is 35.5. The highest BCUT2D eigenvalue weighted by Gasteiger charge is 2.06. The molecule has 2 aromatic rings. The highest BCUT2D eigenvalue weighted by molar-refractivity contribution is 6.34. The smallest absolute Gasteiger partial charge is 0.158 e. The van der Waals surface area contributed by atoms with Gasteiger partial charge in [-0.15, -0.1) is 0 Å². The van der Waals surface area contributed by atoms with Crippen molar-refractivity contribution in [1.29, 1.82) is 0 Å². The predicted octanol–water partition coefficient (Wildman–Crippen LogP) is 2.15. The summed E-state index contributed by atoms with van der Waals surface area (Å²) in [6, 6.07) is 6.09. The number of aliphatic hydroxyl groups excluding tert-OH is 1. The summed E-state index contributed by atoms with van der Waals surface area (Å²) in [5.41, 5.74) is 2.24. The van der Waals surface area contributed by atoms with Crippen LogP contribution in [0.2, 0.25) is 5.15 Å². The standard InChI is InChI=1S/C11H13ClN2O/c1-14-10-7-8(3-2-6-15)4-5-9(10)11(12)13-14/h4-5,7,15H,2-3,6H2,1H3. The molecule has 0 spiro atoms. The van der Waals surface area contributed by atoms with E-state index in [9.17, 15) is 0 Å². The van der Waals surface area contributed by atoms with E-state index in [0.717, 1.165) is 23.7 Å². The molecule has 0 saturated heterocycles. The SMILES string of the molecule is Cn1nc(Cl)c2ccc(CCCO)cc21. The van der Waals surface area contributed by atoms with Crippen molar-refractivity contribution >= 4 is 22.5 Å². The third-order valence-corrected chi connectivity index (χ3v) is 2.77. The quantitative estimate of drug-likeness (QED) is 0.868. The Morgan fingerprint density at radius 2 is 2.27 bits per heavy atom. The van der Waals surface area contributed by atoms with Gasteiger partial charge in [-0.3, -0.25) is 4.68 Å². The lowest BCUT2D eigenvalue weighted by atomic mass is 10.1. The summed E-state index contributed by atoms with van der Waals surface area (Å²) in [5.74, 6) is 0. The van der Waals surface area contributed by atoms with Crippen LogP contribution in [-0.2, 0) is 13.5 Å². The minimum atomic E-state index is 0.226. The normalized spacial score (nSPS) is 11.1. The summed E-state index contributed by atoms with van der Waals surface area (Å²) in [7, 11) is 1.88. The first-order valence-electron chi connectivity index (χ1n) is 4.94. The number of aliphatic hydroxyl groups is 1. The zero-order chi connectivity index (χ0) is 10.8. The van der Waals surface area contributed by atoms with Crippen molar-refractivity contribution in [3.05, 3.63) is 28.9 Å². The first-order valence-corrected chi connectivity index (χ1v) is 5.32. The Hall–Kier alpha value is -1.06. The largest absolute Gasteiger partial charge is 0.396 e. The number of hydrogen-bond acceptors (Lipinski definition) is 2. The summed E-state index contributed by atoms with van der Waals surface area (Å²) in [5, 5.41) is 14.4.